The molecular weight excluding hydrogens is 464 g/mol. The highest BCUT2D eigenvalue weighted by atomic mass is 32.2. The summed E-state index contributed by atoms with van der Waals surface area (Å²) in [6.07, 6.45) is 6.44. The maximum absolute atomic E-state index is 13.8. The lowest BCUT2D eigenvalue weighted by molar-refractivity contribution is -0.151. The number of hydrogen-bond donors (Lipinski definition) is 0. The van der Waals surface area contributed by atoms with E-state index in [1.54, 1.807) is 42.0 Å². The van der Waals surface area contributed by atoms with Crippen LogP contribution < -0.4 is 0 Å². The maximum atomic E-state index is 13.8. The van der Waals surface area contributed by atoms with Gasteiger partial charge in [-0.1, -0.05) is 12.1 Å². The molecule has 0 N–H and O–H groups in total. The van der Waals surface area contributed by atoms with E-state index in [-0.39, 0.29) is 30.1 Å². The molecule has 2 aliphatic rings. The van der Waals surface area contributed by atoms with E-state index in [1.807, 2.05) is 43.5 Å². The van der Waals surface area contributed by atoms with Gasteiger partial charge in [-0.25, -0.2) is 0 Å². The van der Waals surface area contributed by atoms with Crippen LogP contribution in [0.5, 0.6) is 0 Å². The van der Waals surface area contributed by atoms with Gasteiger partial charge in [0.25, 0.3) is 0 Å². The van der Waals surface area contributed by atoms with Crippen molar-refractivity contribution in [2.24, 2.45) is 11.8 Å². The van der Waals surface area contributed by atoms with Crippen LogP contribution >= 0.6 is 11.8 Å². The molecular formula is C27H32N2O5S. The smallest absolute Gasteiger partial charge is 0.309 e. The first-order chi connectivity index (χ1) is 16.9. The average molecular weight is 497 g/mol. The van der Waals surface area contributed by atoms with E-state index in [0.29, 0.717) is 44.0 Å². The van der Waals surface area contributed by atoms with Crippen LogP contribution in [0.25, 0.3) is 0 Å². The average Bonchev–Trinajstić information content (AvgIpc) is 3.38. The van der Waals surface area contributed by atoms with Crippen LogP contribution in [0.15, 0.2) is 63.7 Å². The van der Waals surface area contributed by atoms with Crippen molar-refractivity contribution in [1.82, 2.24) is 9.80 Å². The van der Waals surface area contributed by atoms with Gasteiger partial charge in [0.05, 0.1) is 31.4 Å². The number of ether oxygens (including phenoxy) is 1. The van der Waals surface area contributed by atoms with Gasteiger partial charge in [-0.05, 0) is 75.9 Å². The third-order valence-electron chi connectivity index (χ3n) is 6.83. The number of thioether (sulfide) groups is 1. The van der Waals surface area contributed by atoms with Crippen LogP contribution in [0.2, 0.25) is 0 Å². The van der Waals surface area contributed by atoms with Crippen LogP contribution in [0.1, 0.15) is 44.1 Å². The maximum Gasteiger partial charge on any atom is 0.309 e. The van der Waals surface area contributed by atoms with Gasteiger partial charge < -0.3 is 14.1 Å². The summed E-state index contributed by atoms with van der Waals surface area (Å²) in [5.41, 5.74) is 1.54. The minimum absolute atomic E-state index is 0.152. The third kappa shape index (κ3) is 5.54. The van der Waals surface area contributed by atoms with Gasteiger partial charge in [0.15, 0.2) is 5.78 Å². The van der Waals surface area contributed by atoms with Crippen molar-refractivity contribution in [2.45, 2.75) is 44.2 Å². The highest BCUT2D eigenvalue weighted by molar-refractivity contribution is 7.98. The molecule has 1 aromatic carbocycles. The number of carbonyl (C=O) groups is 3. The molecule has 7 nitrogen and oxygen atoms in total. The number of benzene rings is 1. The summed E-state index contributed by atoms with van der Waals surface area (Å²) in [5.74, 6) is -0.933. The monoisotopic (exact) mass is 496 g/mol. The minimum atomic E-state index is -0.868. The molecule has 1 fully saturated rings. The highest BCUT2D eigenvalue weighted by Gasteiger charge is 2.44. The predicted molar refractivity (Wildman–Crippen MR) is 133 cm³/mol. The van der Waals surface area contributed by atoms with E-state index in [1.165, 1.54) is 0 Å². The molecule has 35 heavy (non-hydrogen) atoms. The van der Waals surface area contributed by atoms with Gasteiger partial charge in [-0.15, -0.1) is 11.8 Å². The lowest BCUT2D eigenvalue weighted by Gasteiger charge is -2.42. The number of rotatable bonds is 8. The Kier molecular flexibility index (Phi) is 8.13. The van der Waals surface area contributed by atoms with Crippen molar-refractivity contribution in [2.75, 3.05) is 26.0 Å². The van der Waals surface area contributed by atoms with E-state index < -0.39 is 12.0 Å². The molecule has 0 spiro atoms. The zero-order valence-corrected chi connectivity index (χ0v) is 21.3. The third-order valence-corrected chi connectivity index (χ3v) is 7.57. The number of hydrogen-bond acceptors (Lipinski definition) is 7. The zero-order chi connectivity index (χ0) is 24.9. The number of esters is 1. The molecule has 2 aliphatic heterocycles. The molecule has 2 unspecified atom stereocenters. The molecule has 0 aliphatic carbocycles. The zero-order valence-electron chi connectivity index (χ0n) is 20.4. The number of amides is 1. The summed E-state index contributed by atoms with van der Waals surface area (Å²) in [4.78, 5) is 44.4. The summed E-state index contributed by atoms with van der Waals surface area (Å²) >= 11 is 1.65. The molecule has 3 heterocycles. The van der Waals surface area contributed by atoms with Gasteiger partial charge in [-0.2, -0.15) is 0 Å². The molecule has 1 amide bonds. The van der Waals surface area contributed by atoms with Crippen molar-refractivity contribution < 1.29 is 23.5 Å². The molecule has 1 saturated heterocycles. The molecule has 4 rings (SSSR count). The molecule has 0 saturated carbocycles. The fraction of sp³-hybridized carbons (Fsp3) is 0.444. The minimum Gasteiger partial charge on any atom is -0.467 e. The van der Waals surface area contributed by atoms with Crippen LogP contribution in [0, 0.1) is 11.8 Å². The van der Waals surface area contributed by atoms with Crippen LogP contribution in [0.4, 0.5) is 0 Å². The lowest BCUT2D eigenvalue weighted by Crippen LogP contribution is -2.50. The van der Waals surface area contributed by atoms with E-state index in [4.69, 9.17) is 9.15 Å². The molecule has 1 aromatic heterocycles. The molecule has 186 valence electrons. The van der Waals surface area contributed by atoms with Gasteiger partial charge in [0.1, 0.15) is 11.7 Å². The van der Waals surface area contributed by atoms with E-state index in [2.05, 4.69) is 4.90 Å². The second-order valence-electron chi connectivity index (χ2n) is 8.95. The summed E-state index contributed by atoms with van der Waals surface area (Å²) in [5, 5.41) is 0. The Hall–Kier alpha value is -2.84. The largest absolute Gasteiger partial charge is 0.467 e. The number of likely N-dealkylation sites (tertiary alicyclic amines) is 1. The second-order valence-corrected chi connectivity index (χ2v) is 9.83. The Morgan fingerprint density at radius 2 is 1.89 bits per heavy atom. The number of furan rings is 1. The topological polar surface area (TPSA) is 80.1 Å². The molecule has 8 heteroatoms. The first kappa shape index (κ1) is 25.3. The number of piperidine rings is 1. The fourth-order valence-corrected chi connectivity index (χ4v) is 5.39. The van der Waals surface area contributed by atoms with Crippen LogP contribution in [0.3, 0.4) is 0 Å². The molecule has 2 aromatic rings. The molecule has 0 bridgehead atoms. The summed E-state index contributed by atoms with van der Waals surface area (Å²) in [6.45, 7) is 5.45. The Morgan fingerprint density at radius 1 is 1.17 bits per heavy atom. The quantitative estimate of drug-likeness (QED) is 0.303. The Labute approximate surface area is 210 Å². The van der Waals surface area contributed by atoms with Gasteiger partial charge >= 0.3 is 5.97 Å². The number of nitrogens with zero attached hydrogens (tertiary/aromatic N) is 2. The first-order valence-corrected chi connectivity index (χ1v) is 13.3. The Bertz CT molecular complexity index is 1070. The normalized spacial score (nSPS) is 20.6. The Balaban J connectivity index is 1.64. The number of allylic oxidation sites excluding steroid dienone is 2. The van der Waals surface area contributed by atoms with Gasteiger partial charge in [-0.3, -0.25) is 19.3 Å². The number of carbonyl (C=O) groups excluding carboxylic acids is 3. The summed E-state index contributed by atoms with van der Waals surface area (Å²) in [6, 6.07) is 11.3. The van der Waals surface area contributed by atoms with Gasteiger partial charge in [0.2, 0.25) is 5.91 Å². The highest BCUT2D eigenvalue weighted by Crippen LogP contribution is 2.38. The number of ketones is 1. The molecule has 0 radical (unpaired) electrons. The Morgan fingerprint density at radius 3 is 2.49 bits per heavy atom. The summed E-state index contributed by atoms with van der Waals surface area (Å²) in [7, 11) is 0. The van der Waals surface area contributed by atoms with E-state index in [9.17, 15) is 14.4 Å². The summed E-state index contributed by atoms with van der Waals surface area (Å²) < 4.78 is 10.7. The van der Waals surface area contributed by atoms with E-state index >= 15 is 0 Å². The second kappa shape index (κ2) is 11.3. The van der Waals surface area contributed by atoms with Crippen LogP contribution in [-0.2, 0) is 25.7 Å². The first-order valence-electron chi connectivity index (χ1n) is 12.0. The van der Waals surface area contributed by atoms with Crippen molar-refractivity contribution in [3.63, 3.8) is 0 Å². The lowest BCUT2D eigenvalue weighted by atomic mass is 9.83. The predicted octanol–water partition coefficient (Wildman–Crippen LogP) is 4.45. The van der Waals surface area contributed by atoms with Crippen molar-refractivity contribution in [1.29, 1.82) is 0 Å². The fourth-order valence-electron chi connectivity index (χ4n) is 4.98. The van der Waals surface area contributed by atoms with Gasteiger partial charge in [0, 0.05) is 16.7 Å². The standard InChI is InChI=1S/C27H32N2O5S/c1-4-33-27(32)20-11-13-28(14-12-20)25(19-7-9-22(35-3)10-8-19)24-23(30)16-18(2)29(26(24)31)17-21-6-5-15-34-21/h5-10,15-16,20,24-25H,4,11-14,17H2,1-3H3. The van der Waals surface area contributed by atoms with Crippen molar-refractivity contribution in [3.8, 4) is 0 Å². The van der Waals surface area contributed by atoms with E-state index in [0.717, 1.165) is 10.5 Å². The van der Waals surface area contributed by atoms with Crippen molar-refractivity contribution >= 4 is 29.4 Å². The van der Waals surface area contributed by atoms with Crippen LogP contribution in [-0.4, -0.2) is 53.4 Å². The molecule has 2 atom stereocenters. The van der Waals surface area contributed by atoms with Crippen molar-refractivity contribution in [3.05, 3.63) is 65.8 Å². The SMILES string of the molecule is CCOC(=O)C1CCN(C(c2ccc(SC)cc2)C2C(=O)C=C(C)N(Cc3ccco3)C2=O)CC1.